The second kappa shape index (κ2) is 7.73. The van der Waals surface area contributed by atoms with E-state index in [1.54, 1.807) is 0 Å². The Morgan fingerprint density at radius 2 is 1.84 bits per heavy atom. The minimum absolute atomic E-state index is 0.103. The molecule has 3 nitrogen and oxygen atoms in total. The summed E-state index contributed by atoms with van der Waals surface area (Å²) in [6.07, 6.45) is 5.18. The van der Waals surface area contributed by atoms with Crippen LogP contribution in [0.4, 0.5) is 0 Å². The van der Waals surface area contributed by atoms with Gasteiger partial charge in [-0.3, -0.25) is 4.79 Å². The number of aliphatic carboxylic acids is 1. The predicted octanol–water partition coefficient (Wildman–Crippen LogP) is 4.76. The van der Waals surface area contributed by atoms with Crippen molar-refractivity contribution in [3.63, 3.8) is 0 Å². The molecule has 2 aromatic carbocycles. The molecule has 0 aromatic heterocycles. The van der Waals surface area contributed by atoms with Crippen LogP contribution in [-0.4, -0.2) is 17.2 Å². The highest BCUT2D eigenvalue weighted by molar-refractivity contribution is 5.76. The topological polar surface area (TPSA) is 46.5 Å². The summed E-state index contributed by atoms with van der Waals surface area (Å²) in [4.78, 5) is 11.9. The quantitative estimate of drug-likeness (QED) is 0.826. The molecule has 25 heavy (non-hydrogen) atoms. The number of carboxylic acids is 1. The van der Waals surface area contributed by atoms with Crippen molar-refractivity contribution in [2.24, 2.45) is 0 Å². The van der Waals surface area contributed by atoms with Gasteiger partial charge in [-0.15, -0.1) is 0 Å². The molecular weight excluding hydrogens is 312 g/mol. The van der Waals surface area contributed by atoms with Gasteiger partial charge in [0.05, 0.1) is 12.0 Å². The van der Waals surface area contributed by atoms with Gasteiger partial charge in [0.2, 0.25) is 0 Å². The van der Waals surface area contributed by atoms with Gasteiger partial charge in [-0.25, -0.2) is 0 Å². The van der Waals surface area contributed by atoms with Gasteiger partial charge >= 0.3 is 5.97 Å². The first-order valence-electron chi connectivity index (χ1n) is 9.13. The van der Waals surface area contributed by atoms with E-state index in [1.165, 1.54) is 24.0 Å². The lowest BCUT2D eigenvalue weighted by atomic mass is 9.85. The van der Waals surface area contributed by atoms with Crippen LogP contribution in [0.15, 0.2) is 42.5 Å². The molecule has 3 heteroatoms. The molecule has 0 aliphatic heterocycles. The van der Waals surface area contributed by atoms with E-state index in [0.717, 1.165) is 29.7 Å². The van der Waals surface area contributed by atoms with Crippen LogP contribution in [0.1, 0.15) is 54.9 Å². The SMILES string of the molecule is CC(C)Oc1cccc(CC(C(=O)O)c2ccc3c(c2)CCCC3)c1. The van der Waals surface area contributed by atoms with Gasteiger partial charge < -0.3 is 9.84 Å². The summed E-state index contributed by atoms with van der Waals surface area (Å²) in [5.74, 6) is -0.505. The van der Waals surface area contributed by atoms with E-state index in [4.69, 9.17) is 4.74 Å². The third-order valence-electron chi connectivity index (χ3n) is 4.78. The molecule has 1 aliphatic carbocycles. The first-order valence-corrected chi connectivity index (χ1v) is 9.13. The number of benzene rings is 2. The second-order valence-corrected chi connectivity index (χ2v) is 7.14. The molecule has 132 valence electrons. The molecule has 1 N–H and O–H groups in total. The van der Waals surface area contributed by atoms with E-state index in [2.05, 4.69) is 12.1 Å². The van der Waals surface area contributed by atoms with Gasteiger partial charge in [0, 0.05) is 0 Å². The smallest absolute Gasteiger partial charge is 0.311 e. The monoisotopic (exact) mass is 338 g/mol. The Labute approximate surface area is 149 Å². The van der Waals surface area contributed by atoms with Crippen LogP contribution in [0.2, 0.25) is 0 Å². The summed E-state index contributed by atoms with van der Waals surface area (Å²) in [7, 11) is 0. The fourth-order valence-corrected chi connectivity index (χ4v) is 3.57. The molecule has 2 aromatic rings. The first-order chi connectivity index (χ1) is 12.0. The van der Waals surface area contributed by atoms with Crippen molar-refractivity contribution < 1.29 is 14.6 Å². The number of fused-ring (bicyclic) bond motifs is 1. The van der Waals surface area contributed by atoms with Crippen molar-refractivity contribution >= 4 is 5.97 Å². The van der Waals surface area contributed by atoms with Crippen molar-refractivity contribution in [3.05, 3.63) is 64.7 Å². The summed E-state index contributed by atoms with van der Waals surface area (Å²) in [6.45, 7) is 3.97. The number of aryl methyl sites for hydroxylation is 2. The van der Waals surface area contributed by atoms with Crippen molar-refractivity contribution in [2.45, 2.75) is 58.0 Å². The first kappa shape index (κ1) is 17.5. The van der Waals surface area contributed by atoms with Crippen LogP contribution < -0.4 is 4.74 Å². The van der Waals surface area contributed by atoms with E-state index >= 15 is 0 Å². The van der Waals surface area contributed by atoms with E-state index in [-0.39, 0.29) is 6.10 Å². The maximum atomic E-state index is 11.9. The molecule has 0 amide bonds. The van der Waals surface area contributed by atoms with E-state index < -0.39 is 11.9 Å². The van der Waals surface area contributed by atoms with Gasteiger partial charge in [-0.1, -0.05) is 30.3 Å². The summed E-state index contributed by atoms with van der Waals surface area (Å²) < 4.78 is 5.73. The molecule has 0 spiro atoms. The standard InChI is InChI=1S/C22H26O3/c1-15(2)25-20-9-5-6-16(12-20)13-21(22(23)24)19-11-10-17-7-3-4-8-18(17)14-19/h5-6,9-12,14-15,21H,3-4,7-8,13H2,1-2H3,(H,23,24). The number of rotatable bonds is 6. The third kappa shape index (κ3) is 4.41. The summed E-state index contributed by atoms with van der Waals surface area (Å²) in [6, 6.07) is 14.0. The predicted molar refractivity (Wildman–Crippen MR) is 99.4 cm³/mol. The molecule has 1 unspecified atom stereocenters. The molecule has 0 bridgehead atoms. The third-order valence-corrected chi connectivity index (χ3v) is 4.78. The summed E-state index contributed by atoms with van der Waals surface area (Å²) in [5, 5.41) is 9.78. The molecule has 0 radical (unpaired) electrons. The average molecular weight is 338 g/mol. The number of carbonyl (C=O) groups is 1. The lowest BCUT2D eigenvalue weighted by molar-refractivity contribution is -0.138. The van der Waals surface area contributed by atoms with Crippen LogP contribution in [-0.2, 0) is 24.1 Å². The lowest BCUT2D eigenvalue weighted by Crippen LogP contribution is -2.16. The zero-order chi connectivity index (χ0) is 17.8. The molecule has 0 heterocycles. The normalized spacial score (nSPS) is 14.8. The number of ether oxygens (including phenoxy) is 1. The minimum atomic E-state index is -0.772. The maximum Gasteiger partial charge on any atom is 0.311 e. The Morgan fingerprint density at radius 3 is 2.56 bits per heavy atom. The van der Waals surface area contributed by atoms with Gasteiger partial charge in [-0.2, -0.15) is 0 Å². The van der Waals surface area contributed by atoms with Crippen LogP contribution in [0.5, 0.6) is 5.75 Å². The zero-order valence-electron chi connectivity index (χ0n) is 15.0. The van der Waals surface area contributed by atoms with Gasteiger partial charge in [0.1, 0.15) is 5.75 Å². The average Bonchev–Trinajstić information content (AvgIpc) is 2.59. The molecule has 3 rings (SSSR count). The highest BCUT2D eigenvalue weighted by Gasteiger charge is 2.22. The minimum Gasteiger partial charge on any atom is -0.491 e. The van der Waals surface area contributed by atoms with Crippen molar-refractivity contribution in [1.82, 2.24) is 0 Å². The molecule has 0 saturated carbocycles. The maximum absolute atomic E-state index is 11.9. The molecule has 0 saturated heterocycles. The Morgan fingerprint density at radius 1 is 1.08 bits per heavy atom. The van der Waals surface area contributed by atoms with Gasteiger partial charge in [0.25, 0.3) is 0 Å². The molecule has 1 atom stereocenters. The van der Waals surface area contributed by atoms with Crippen molar-refractivity contribution in [1.29, 1.82) is 0 Å². The number of hydrogen-bond acceptors (Lipinski definition) is 2. The highest BCUT2D eigenvalue weighted by atomic mass is 16.5. The Hall–Kier alpha value is -2.29. The van der Waals surface area contributed by atoms with Crippen LogP contribution in [0.25, 0.3) is 0 Å². The Kier molecular flexibility index (Phi) is 5.42. The van der Waals surface area contributed by atoms with Crippen molar-refractivity contribution in [3.8, 4) is 5.75 Å². The highest BCUT2D eigenvalue weighted by Crippen LogP contribution is 2.28. The van der Waals surface area contributed by atoms with Crippen molar-refractivity contribution in [2.75, 3.05) is 0 Å². The number of hydrogen-bond donors (Lipinski definition) is 1. The Balaban J connectivity index is 1.83. The summed E-state index contributed by atoms with van der Waals surface area (Å²) >= 11 is 0. The fraction of sp³-hybridized carbons (Fsp3) is 0.409. The molecule has 1 aliphatic rings. The van der Waals surface area contributed by atoms with E-state index in [9.17, 15) is 9.90 Å². The van der Waals surface area contributed by atoms with Crippen LogP contribution >= 0.6 is 0 Å². The largest absolute Gasteiger partial charge is 0.491 e. The zero-order valence-corrected chi connectivity index (χ0v) is 15.0. The van der Waals surface area contributed by atoms with Crippen LogP contribution in [0, 0.1) is 0 Å². The molecule has 0 fully saturated rings. The van der Waals surface area contributed by atoms with Gasteiger partial charge in [-0.05, 0) is 80.3 Å². The van der Waals surface area contributed by atoms with Gasteiger partial charge in [0.15, 0.2) is 0 Å². The summed E-state index contributed by atoms with van der Waals surface area (Å²) in [5.41, 5.74) is 4.60. The van der Waals surface area contributed by atoms with E-state index in [0.29, 0.717) is 6.42 Å². The lowest BCUT2D eigenvalue weighted by Gasteiger charge is -2.20. The molecular formula is C22H26O3. The fourth-order valence-electron chi connectivity index (χ4n) is 3.57. The Bertz CT molecular complexity index is 749. The van der Waals surface area contributed by atoms with E-state index in [1.807, 2.05) is 44.2 Å². The number of carboxylic acid groups (broad SMARTS) is 1. The second-order valence-electron chi connectivity index (χ2n) is 7.14. The van der Waals surface area contributed by atoms with Crippen LogP contribution in [0.3, 0.4) is 0 Å².